The number of amides is 2. The molecule has 0 aliphatic carbocycles. The second-order valence-electron chi connectivity index (χ2n) is 4.03. The Balaban J connectivity index is 2.43. The number of halogens is 1. The minimum Gasteiger partial charge on any atom is -0.465 e. The first kappa shape index (κ1) is 12.8. The number of carbonyl (C=O) groups is 2. The van der Waals surface area contributed by atoms with E-state index in [1.807, 2.05) is 0 Å². The molecule has 2 N–H and O–H groups in total. The summed E-state index contributed by atoms with van der Waals surface area (Å²) in [4.78, 5) is 23.5. The van der Waals surface area contributed by atoms with Gasteiger partial charge in [0.15, 0.2) is 0 Å². The number of carbonyl (C=O) groups excluding carboxylic acids is 1. The van der Waals surface area contributed by atoms with Crippen molar-refractivity contribution >= 4 is 17.7 Å². The minimum atomic E-state index is -1.41. The minimum absolute atomic E-state index is 0.0856. The number of carboxylic acid groups (broad SMARTS) is 1. The Kier molecular flexibility index (Phi) is 3.33. The molecule has 7 heteroatoms. The molecule has 1 aliphatic heterocycles. The third-order valence-corrected chi connectivity index (χ3v) is 2.87. The largest absolute Gasteiger partial charge is 0.465 e. The normalized spacial score (nSPS) is 17.7. The monoisotopic (exact) mass is 263 g/mol. The standard InChI is InChI=1S/C12H10FN3O3/c13-8-5-7(6-14)1-2-9(8)16(12(18)19)10-3-4-15-11(10)17/h1-2,5,10H,3-4H2,(H,15,17)(H,18,19)/t10-/m0/s1. The number of benzene rings is 1. The van der Waals surface area contributed by atoms with Gasteiger partial charge in [0, 0.05) is 6.54 Å². The topological polar surface area (TPSA) is 93.4 Å². The van der Waals surface area contributed by atoms with Crippen LogP contribution in [0.4, 0.5) is 14.9 Å². The lowest BCUT2D eigenvalue weighted by molar-refractivity contribution is -0.120. The fourth-order valence-electron chi connectivity index (χ4n) is 2.00. The lowest BCUT2D eigenvalue weighted by atomic mass is 10.1. The Labute approximate surface area is 108 Å². The van der Waals surface area contributed by atoms with E-state index >= 15 is 0 Å². The molecule has 1 aromatic rings. The summed E-state index contributed by atoms with van der Waals surface area (Å²) in [5, 5.41) is 20.3. The Hall–Kier alpha value is -2.62. The molecule has 1 heterocycles. The van der Waals surface area contributed by atoms with Crippen LogP contribution in [0.5, 0.6) is 0 Å². The van der Waals surface area contributed by atoms with E-state index in [0.717, 1.165) is 6.07 Å². The van der Waals surface area contributed by atoms with Crippen LogP contribution in [0.1, 0.15) is 12.0 Å². The highest BCUT2D eigenvalue weighted by Crippen LogP contribution is 2.25. The molecule has 0 unspecified atom stereocenters. The van der Waals surface area contributed by atoms with E-state index in [0.29, 0.717) is 11.4 Å². The van der Waals surface area contributed by atoms with Gasteiger partial charge in [-0.2, -0.15) is 5.26 Å². The molecule has 0 saturated carbocycles. The zero-order valence-electron chi connectivity index (χ0n) is 9.76. The van der Waals surface area contributed by atoms with Gasteiger partial charge in [0.1, 0.15) is 11.9 Å². The molecule has 0 radical (unpaired) electrons. The van der Waals surface area contributed by atoms with Crippen molar-refractivity contribution in [3.8, 4) is 6.07 Å². The van der Waals surface area contributed by atoms with Gasteiger partial charge in [-0.3, -0.25) is 9.69 Å². The van der Waals surface area contributed by atoms with E-state index < -0.39 is 23.9 Å². The molecule has 2 amide bonds. The molecule has 1 saturated heterocycles. The highest BCUT2D eigenvalue weighted by molar-refractivity contribution is 5.97. The van der Waals surface area contributed by atoms with Crippen molar-refractivity contribution in [2.45, 2.75) is 12.5 Å². The Morgan fingerprint density at radius 2 is 2.32 bits per heavy atom. The maximum absolute atomic E-state index is 13.8. The van der Waals surface area contributed by atoms with Crippen molar-refractivity contribution in [3.63, 3.8) is 0 Å². The summed E-state index contributed by atoms with van der Waals surface area (Å²) in [6.45, 7) is 0.352. The summed E-state index contributed by atoms with van der Waals surface area (Å²) in [7, 11) is 0. The van der Waals surface area contributed by atoms with Gasteiger partial charge in [-0.1, -0.05) is 0 Å². The molecule has 19 heavy (non-hydrogen) atoms. The SMILES string of the molecule is N#Cc1ccc(N(C(=O)O)[C@H]2CCNC2=O)c(F)c1. The summed E-state index contributed by atoms with van der Waals surface area (Å²) >= 11 is 0. The average Bonchev–Trinajstić information content (AvgIpc) is 2.77. The first-order chi connectivity index (χ1) is 9.04. The molecule has 1 aliphatic rings. The fraction of sp³-hybridized carbons (Fsp3) is 0.250. The number of hydrogen-bond acceptors (Lipinski definition) is 3. The number of nitrogens with zero attached hydrogens (tertiary/aromatic N) is 2. The number of rotatable bonds is 2. The number of nitriles is 1. The van der Waals surface area contributed by atoms with Crippen LogP contribution in [0.2, 0.25) is 0 Å². The zero-order chi connectivity index (χ0) is 14.0. The summed E-state index contributed by atoms with van der Waals surface area (Å²) < 4.78 is 13.8. The summed E-state index contributed by atoms with van der Waals surface area (Å²) in [5.74, 6) is -1.30. The molecule has 2 rings (SSSR count). The highest BCUT2D eigenvalue weighted by Gasteiger charge is 2.35. The quantitative estimate of drug-likeness (QED) is 0.834. The van der Waals surface area contributed by atoms with Gasteiger partial charge in [-0.05, 0) is 24.6 Å². The van der Waals surface area contributed by atoms with Gasteiger partial charge in [0.25, 0.3) is 0 Å². The van der Waals surface area contributed by atoms with Crippen LogP contribution in [0.3, 0.4) is 0 Å². The smallest absolute Gasteiger partial charge is 0.412 e. The third-order valence-electron chi connectivity index (χ3n) is 2.87. The fourth-order valence-corrected chi connectivity index (χ4v) is 2.00. The molecule has 1 atom stereocenters. The van der Waals surface area contributed by atoms with Crippen molar-refractivity contribution in [1.82, 2.24) is 5.32 Å². The van der Waals surface area contributed by atoms with E-state index in [9.17, 15) is 19.1 Å². The summed E-state index contributed by atoms with van der Waals surface area (Å²) in [6, 6.07) is 4.25. The van der Waals surface area contributed by atoms with Gasteiger partial charge in [0.2, 0.25) is 5.91 Å². The second-order valence-corrected chi connectivity index (χ2v) is 4.03. The van der Waals surface area contributed by atoms with Crippen LogP contribution in [0, 0.1) is 17.1 Å². The molecule has 1 fully saturated rings. The maximum Gasteiger partial charge on any atom is 0.412 e. The number of anilines is 1. The lowest BCUT2D eigenvalue weighted by Crippen LogP contribution is -2.44. The molecule has 0 spiro atoms. The highest BCUT2D eigenvalue weighted by atomic mass is 19.1. The Bertz CT molecular complexity index is 582. The van der Waals surface area contributed by atoms with Crippen molar-refractivity contribution in [3.05, 3.63) is 29.6 Å². The molecule has 0 bridgehead atoms. The van der Waals surface area contributed by atoms with Crippen LogP contribution >= 0.6 is 0 Å². The van der Waals surface area contributed by atoms with E-state index in [1.54, 1.807) is 6.07 Å². The summed E-state index contributed by atoms with van der Waals surface area (Å²) in [6.07, 6.45) is -1.13. The van der Waals surface area contributed by atoms with E-state index in [1.165, 1.54) is 12.1 Å². The Morgan fingerprint density at radius 3 is 2.79 bits per heavy atom. The maximum atomic E-state index is 13.8. The van der Waals surface area contributed by atoms with E-state index in [-0.39, 0.29) is 17.7 Å². The van der Waals surface area contributed by atoms with Crippen LogP contribution in [0.25, 0.3) is 0 Å². The van der Waals surface area contributed by atoms with Crippen LogP contribution < -0.4 is 10.2 Å². The third kappa shape index (κ3) is 2.33. The molecule has 6 nitrogen and oxygen atoms in total. The van der Waals surface area contributed by atoms with Gasteiger partial charge >= 0.3 is 6.09 Å². The van der Waals surface area contributed by atoms with Crippen molar-refractivity contribution in [2.75, 3.05) is 11.4 Å². The predicted molar refractivity (Wildman–Crippen MR) is 63.0 cm³/mol. The molecular formula is C12H10FN3O3. The lowest BCUT2D eigenvalue weighted by Gasteiger charge is -2.24. The van der Waals surface area contributed by atoms with Crippen molar-refractivity contribution in [2.24, 2.45) is 0 Å². The summed E-state index contributed by atoms with van der Waals surface area (Å²) in [5.41, 5.74) is -0.143. The van der Waals surface area contributed by atoms with Gasteiger partial charge in [0.05, 0.1) is 17.3 Å². The zero-order valence-corrected chi connectivity index (χ0v) is 9.76. The predicted octanol–water partition coefficient (Wildman–Crippen LogP) is 1.07. The first-order valence-corrected chi connectivity index (χ1v) is 5.54. The van der Waals surface area contributed by atoms with Gasteiger partial charge < -0.3 is 10.4 Å². The average molecular weight is 263 g/mol. The van der Waals surface area contributed by atoms with Crippen LogP contribution in [0.15, 0.2) is 18.2 Å². The molecule has 1 aromatic carbocycles. The van der Waals surface area contributed by atoms with E-state index in [2.05, 4.69) is 5.32 Å². The first-order valence-electron chi connectivity index (χ1n) is 5.54. The number of nitrogens with one attached hydrogen (secondary N) is 1. The van der Waals surface area contributed by atoms with Crippen molar-refractivity contribution < 1.29 is 19.1 Å². The van der Waals surface area contributed by atoms with Crippen LogP contribution in [-0.2, 0) is 4.79 Å². The van der Waals surface area contributed by atoms with Crippen LogP contribution in [-0.4, -0.2) is 29.7 Å². The van der Waals surface area contributed by atoms with E-state index in [4.69, 9.17) is 5.26 Å². The van der Waals surface area contributed by atoms with Gasteiger partial charge in [-0.15, -0.1) is 0 Å². The molecule has 0 aromatic heterocycles. The molecule has 98 valence electrons. The Morgan fingerprint density at radius 1 is 1.58 bits per heavy atom. The number of hydrogen-bond donors (Lipinski definition) is 2. The van der Waals surface area contributed by atoms with Gasteiger partial charge in [-0.25, -0.2) is 9.18 Å². The second kappa shape index (κ2) is 4.94. The molecular weight excluding hydrogens is 253 g/mol. The van der Waals surface area contributed by atoms with Crippen molar-refractivity contribution in [1.29, 1.82) is 5.26 Å².